The van der Waals surface area contributed by atoms with Crippen LogP contribution in [0.3, 0.4) is 0 Å². The van der Waals surface area contributed by atoms with E-state index in [9.17, 15) is 19.4 Å². The first-order valence-electron chi connectivity index (χ1n) is 27.8. The van der Waals surface area contributed by atoms with Crippen LogP contribution in [0.4, 0.5) is 0 Å². The molecule has 396 valence electrons. The SMILES string of the molecule is CC/C=C\C/C=C\C/C=C\C/C=C\C/C=C\C/C=C\CCCCCCCCCCCCC(=O)NC(COP(=O)(O)OCC[N+](C)(C)C)C(O)/C=C/CC/C=C/CC/C=C/CCCCCCCCCC. The maximum Gasteiger partial charge on any atom is 0.472 e. The lowest BCUT2D eigenvalue weighted by Gasteiger charge is -2.25. The smallest absolute Gasteiger partial charge is 0.387 e. The molecule has 0 aromatic carbocycles. The van der Waals surface area contributed by atoms with Crippen molar-refractivity contribution < 1.29 is 32.9 Å². The van der Waals surface area contributed by atoms with Gasteiger partial charge in [-0.1, -0.05) is 220 Å². The van der Waals surface area contributed by atoms with Crippen molar-refractivity contribution in [2.45, 2.75) is 225 Å². The van der Waals surface area contributed by atoms with Gasteiger partial charge in [0.1, 0.15) is 13.2 Å². The van der Waals surface area contributed by atoms with Gasteiger partial charge in [0.2, 0.25) is 5.91 Å². The molecule has 0 bridgehead atoms. The Kier molecular flexibility index (Phi) is 48.1. The largest absolute Gasteiger partial charge is 0.472 e. The number of nitrogens with one attached hydrogen (secondary N) is 1. The van der Waals surface area contributed by atoms with Crippen molar-refractivity contribution in [2.75, 3.05) is 40.9 Å². The highest BCUT2D eigenvalue weighted by Gasteiger charge is 2.27. The highest BCUT2D eigenvalue weighted by molar-refractivity contribution is 7.47. The Morgan fingerprint density at radius 3 is 1.33 bits per heavy atom. The van der Waals surface area contributed by atoms with Crippen molar-refractivity contribution in [1.29, 1.82) is 0 Å². The summed E-state index contributed by atoms with van der Waals surface area (Å²) in [5, 5.41) is 13.9. The number of hydrogen-bond donors (Lipinski definition) is 3. The fraction of sp³-hybridized carbons (Fsp3) is 0.683. The number of nitrogens with zero attached hydrogens (tertiary/aromatic N) is 1. The summed E-state index contributed by atoms with van der Waals surface area (Å²) < 4.78 is 23.7. The third kappa shape index (κ3) is 52.8. The van der Waals surface area contributed by atoms with Gasteiger partial charge in [0.15, 0.2) is 0 Å². The van der Waals surface area contributed by atoms with Gasteiger partial charge in [-0.2, -0.15) is 0 Å². The van der Waals surface area contributed by atoms with Crippen molar-refractivity contribution in [3.63, 3.8) is 0 Å². The molecule has 0 aliphatic rings. The van der Waals surface area contributed by atoms with Crippen LogP contribution >= 0.6 is 7.82 Å². The van der Waals surface area contributed by atoms with Crippen LogP contribution in [0.2, 0.25) is 0 Å². The van der Waals surface area contributed by atoms with Gasteiger partial charge < -0.3 is 19.8 Å². The molecule has 8 nitrogen and oxygen atoms in total. The van der Waals surface area contributed by atoms with E-state index < -0.39 is 20.0 Å². The van der Waals surface area contributed by atoms with Crippen molar-refractivity contribution in [1.82, 2.24) is 5.32 Å². The van der Waals surface area contributed by atoms with Crippen LogP contribution in [0, 0.1) is 0 Å². The first kappa shape index (κ1) is 66.2. The second-order valence-electron chi connectivity index (χ2n) is 19.6. The first-order valence-corrected chi connectivity index (χ1v) is 29.3. The summed E-state index contributed by atoms with van der Waals surface area (Å²) >= 11 is 0. The van der Waals surface area contributed by atoms with Crippen molar-refractivity contribution in [3.05, 3.63) is 109 Å². The molecule has 9 heteroatoms. The highest BCUT2D eigenvalue weighted by Crippen LogP contribution is 2.43. The number of aliphatic hydroxyl groups is 1. The van der Waals surface area contributed by atoms with E-state index in [4.69, 9.17) is 9.05 Å². The van der Waals surface area contributed by atoms with Crippen LogP contribution in [0.15, 0.2) is 109 Å². The van der Waals surface area contributed by atoms with E-state index in [0.717, 1.165) is 89.9 Å². The Hall–Kier alpha value is -2.84. The lowest BCUT2D eigenvalue weighted by atomic mass is 10.0. The Morgan fingerprint density at radius 1 is 0.507 bits per heavy atom. The molecule has 3 unspecified atom stereocenters. The number of carbonyl (C=O) groups is 1. The van der Waals surface area contributed by atoms with Crippen LogP contribution in [0.5, 0.6) is 0 Å². The molecule has 0 radical (unpaired) electrons. The lowest BCUT2D eigenvalue weighted by molar-refractivity contribution is -0.870. The Bertz CT molecular complexity index is 1490. The summed E-state index contributed by atoms with van der Waals surface area (Å²) in [4.78, 5) is 23.3. The summed E-state index contributed by atoms with van der Waals surface area (Å²) in [7, 11) is 1.53. The van der Waals surface area contributed by atoms with Crippen molar-refractivity contribution in [2.24, 2.45) is 0 Å². The molecule has 0 spiro atoms. The molecule has 3 N–H and O–H groups in total. The van der Waals surface area contributed by atoms with E-state index in [1.807, 2.05) is 27.2 Å². The van der Waals surface area contributed by atoms with Gasteiger partial charge in [-0.15, -0.1) is 0 Å². The van der Waals surface area contributed by atoms with E-state index in [0.29, 0.717) is 17.4 Å². The third-order valence-electron chi connectivity index (χ3n) is 11.7. The fourth-order valence-electron chi connectivity index (χ4n) is 7.37. The number of phosphoric ester groups is 1. The van der Waals surface area contributed by atoms with Crippen LogP contribution in [-0.2, 0) is 18.4 Å². The number of rotatable bonds is 49. The number of phosphoric acid groups is 1. The number of carbonyl (C=O) groups excluding carboxylic acids is 1. The van der Waals surface area contributed by atoms with E-state index >= 15 is 0 Å². The monoisotopic (exact) mass is 982 g/mol. The minimum absolute atomic E-state index is 0.0472. The topological polar surface area (TPSA) is 105 Å². The van der Waals surface area contributed by atoms with Crippen LogP contribution in [0.1, 0.15) is 213 Å². The first-order chi connectivity index (χ1) is 33.5. The molecule has 0 aliphatic carbocycles. The van der Waals surface area contributed by atoms with Crippen LogP contribution < -0.4 is 5.32 Å². The third-order valence-corrected chi connectivity index (χ3v) is 12.7. The van der Waals surface area contributed by atoms with Gasteiger partial charge in [-0.25, -0.2) is 4.57 Å². The van der Waals surface area contributed by atoms with Gasteiger partial charge in [0.25, 0.3) is 0 Å². The average molecular weight is 982 g/mol. The van der Waals surface area contributed by atoms with E-state index in [1.54, 1.807) is 6.08 Å². The van der Waals surface area contributed by atoms with Gasteiger partial charge in [-0.3, -0.25) is 13.8 Å². The average Bonchev–Trinajstić information content (AvgIpc) is 3.31. The summed E-state index contributed by atoms with van der Waals surface area (Å²) in [5.41, 5.74) is 0. The number of unbranched alkanes of at least 4 members (excludes halogenated alkanes) is 20. The maximum absolute atomic E-state index is 13.0. The second-order valence-corrected chi connectivity index (χ2v) is 21.0. The zero-order valence-electron chi connectivity index (χ0n) is 45.0. The zero-order chi connectivity index (χ0) is 50.6. The second kappa shape index (κ2) is 50.1. The minimum Gasteiger partial charge on any atom is -0.387 e. The van der Waals surface area contributed by atoms with E-state index in [1.165, 1.54) is 103 Å². The molecule has 0 saturated carbocycles. The van der Waals surface area contributed by atoms with E-state index in [-0.39, 0.29) is 19.1 Å². The molecule has 0 heterocycles. The number of hydrogen-bond acceptors (Lipinski definition) is 5. The molecule has 0 aliphatic heterocycles. The Labute approximate surface area is 425 Å². The molecular formula is C60H106N2O6P+. The summed E-state index contributed by atoms with van der Waals surface area (Å²) in [6, 6.07) is -0.880. The predicted molar refractivity (Wildman–Crippen MR) is 299 cm³/mol. The van der Waals surface area contributed by atoms with Gasteiger partial charge in [0.05, 0.1) is 39.9 Å². The normalized spacial score (nSPS) is 14.8. The molecule has 0 aromatic rings. The molecule has 1 amide bonds. The molecule has 0 aromatic heterocycles. The maximum atomic E-state index is 13.0. The summed E-state index contributed by atoms with van der Waals surface area (Å²) in [5.74, 6) is -0.200. The summed E-state index contributed by atoms with van der Waals surface area (Å²) in [6.07, 6.45) is 73.2. The van der Waals surface area contributed by atoms with Gasteiger partial charge in [0, 0.05) is 6.42 Å². The highest BCUT2D eigenvalue weighted by atomic mass is 31.2. The van der Waals surface area contributed by atoms with Gasteiger partial charge >= 0.3 is 7.82 Å². The lowest BCUT2D eigenvalue weighted by Crippen LogP contribution is -2.45. The van der Waals surface area contributed by atoms with Crippen LogP contribution in [0.25, 0.3) is 0 Å². The molecule has 69 heavy (non-hydrogen) atoms. The number of quaternary nitrogens is 1. The number of likely N-dealkylation sites (N-methyl/N-ethyl adjacent to an activating group) is 1. The standard InChI is InChI=1S/C60H105N2O6P/c1-6-8-10-12-14-16-18-20-22-24-26-27-28-29-30-31-32-33-34-35-36-38-40-42-44-46-48-50-52-54-60(64)61-58(57-68-69(65,66)67-56-55-62(3,4)5)59(63)53-51-49-47-45-43-41-39-37-25-23-21-19-17-15-13-11-9-7-2/h8,10,14,16,20,22,25-27,29-30,32-33,37,43,45,51,53,58-59,63H,6-7,9,11-13,15,17-19,21,23-24,28,31,34-36,38-42,44,46-50,52,54-57H2,1-5H3,(H-,61,64,65,66)/p+1/b10-8-,16-14-,22-20-,27-26-,30-29-,33-32-,37-25+,45-43+,53-51+. The molecule has 0 fully saturated rings. The van der Waals surface area contributed by atoms with Crippen molar-refractivity contribution >= 4 is 13.7 Å². The minimum atomic E-state index is -4.37. The van der Waals surface area contributed by atoms with Gasteiger partial charge in [-0.05, 0) is 96.3 Å². The van der Waals surface area contributed by atoms with Crippen molar-refractivity contribution in [3.8, 4) is 0 Å². The predicted octanol–water partition coefficient (Wildman–Crippen LogP) is 16.8. The summed E-state index contributed by atoms with van der Waals surface area (Å²) in [6.45, 7) is 4.65. The Morgan fingerprint density at radius 2 is 0.884 bits per heavy atom. The Balaban J connectivity index is 4.30. The number of aliphatic hydroxyl groups excluding tert-OH is 1. The van der Waals surface area contributed by atoms with E-state index in [2.05, 4.69) is 116 Å². The molecular weight excluding hydrogens is 876 g/mol. The quantitative estimate of drug-likeness (QED) is 0.0243. The number of amides is 1. The molecule has 3 atom stereocenters. The zero-order valence-corrected chi connectivity index (χ0v) is 45.9. The van der Waals surface area contributed by atoms with Crippen LogP contribution in [-0.4, -0.2) is 73.4 Å². The molecule has 0 rings (SSSR count). The molecule has 0 saturated heterocycles. The fourth-order valence-corrected chi connectivity index (χ4v) is 8.11. The number of allylic oxidation sites excluding steroid dienone is 17.